The fourth-order valence-corrected chi connectivity index (χ4v) is 3.14. The zero-order valence-electron chi connectivity index (χ0n) is 15.1. The van der Waals surface area contributed by atoms with Crippen molar-refractivity contribution in [1.29, 1.82) is 0 Å². The van der Waals surface area contributed by atoms with Gasteiger partial charge in [0.1, 0.15) is 5.75 Å². The van der Waals surface area contributed by atoms with Crippen molar-refractivity contribution in [3.63, 3.8) is 0 Å². The molecule has 0 saturated heterocycles. The van der Waals surface area contributed by atoms with Crippen molar-refractivity contribution in [3.05, 3.63) is 71.3 Å². The molecule has 3 aromatic carbocycles. The van der Waals surface area contributed by atoms with E-state index in [1.165, 1.54) is 5.56 Å². The molecule has 0 fully saturated rings. The Kier molecular flexibility index (Phi) is 4.75. The summed E-state index contributed by atoms with van der Waals surface area (Å²) in [6.07, 6.45) is -0.592. The number of anilines is 1. The van der Waals surface area contributed by atoms with Crippen LogP contribution in [-0.2, 0) is 4.79 Å². The van der Waals surface area contributed by atoms with Crippen molar-refractivity contribution in [2.45, 2.75) is 33.8 Å². The SMILES string of the molecule is Cc1cc(C)c(NC(=O)C(C)Oc2cccc3ccccc23)c(C)c1. The summed E-state index contributed by atoms with van der Waals surface area (Å²) in [6.45, 7) is 7.84. The molecule has 3 rings (SSSR count). The van der Waals surface area contributed by atoms with Crippen LogP contribution in [-0.4, -0.2) is 12.0 Å². The highest BCUT2D eigenvalue weighted by Crippen LogP contribution is 2.27. The summed E-state index contributed by atoms with van der Waals surface area (Å²) in [4.78, 5) is 12.6. The zero-order valence-corrected chi connectivity index (χ0v) is 15.1. The molecule has 1 atom stereocenters. The fraction of sp³-hybridized carbons (Fsp3) is 0.227. The summed E-state index contributed by atoms with van der Waals surface area (Å²) in [5.74, 6) is 0.570. The summed E-state index contributed by atoms with van der Waals surface area (Å²) in [5, 5.41) is 5.11. The number of benzene rings is 3. The van der Waals surface area contributed by atoms with Crippen molar-refractivity contribution < 1.29 is 9.53 Å². The van der Waals surface area contributed by atoms with Gasteiger partial charge in [-0.05, 0) is 50.3 Å². The van der Waals surface area contributed by atoms with Crippen LogP contribution in [0.4, 0.5) is 5.69 Å². The summed E-state index contributed by atoms with van der Waals surface area (Å²) >= 11 is 0. The molecule has 1 unspecified atom stereocenters. The van der Waals surface area contributed by atoms with E-state index < -0.39 is 6.10 Å². The number of aryl methyl sites for hydroxylation is 3. The molecular formula is C22H23NO2. The molecule has 25 heavy (non-hydrogen) atoms. The van der Waals surface area contributed by atoms with Gasteiger partial charge in [0.15, 0.2) is 6.10 Å². The van der Waals surface area contributed by atoms with E-state index in [9.17, 15) is 4.79 Å². The van der Waals surface area contributed by atoms with E-state index in [4.69, 9.17) is 4.74 Å². The van der Waals surface area contributed by atoms with Crippen LogP contribution in [0.3, 0.4) is 0 Å². The molecular weight excluding hydrogens is 310 g/mol. The van der Waals surface area contributed by atoms with Crippen molar-refractivity contribution in [2.75, 3.05) is 5.32 Å². The maximum atomic E-state index is 12.6. The Hall–Kier alpha value is -2.81. The minimum Gasteiger partial charge on any atom is -0.480 e. The van der Waals surface area contributed by atoms with Crippen LogP contribution in [0.25, 0.3) is 10.8 Å². The number of carbonyl (C=O) groups excluding carboxylic acids is 1. The second-order valence-corrected chi connectivity index (χ2v) is 6.50. The minimum atomic E-state index is -0.592. The Morgan fingerprint density at radius 1 is 0.960 bits per heavy atom. The normalized spacial score (nSPS) is 12.0. The van der Waals surface area contributed by atoms with Crippen LogP contribution in [0.5, 0.6) is 5.75 Å². The third kappa shape index (κ3) is 3.66. The van der Waals surface area contributed by atoms with Gasteiger partial charge >= 0.3 is 0 Å². The van der Waals surface area contributed by atoms with Gasteiger partial charge in [0.25, 0.3) is 5.91 Å². The third-order valence-electron chi connectivity index (χ3n) is 4.35. The van der Waals surface area contributed by atoms with Gasteiger partial charge in [-0.25, -0.2) is 0 Å². The number of hydrogen-bond donors (Lipinski definition) is 1. The molecule has 0 aliphatic heterocycles. The monoisotopic (exact) mass is 333 g/mol. The van der Waals surface area contributed by atoms with Crippen molar-refractivity contribution in [2.24, 2.45) is 0 Å². The van der Waals surface area contributed by atoms with Gasteiger partial charge in [-0.1, -0.05) is 54.1 Å². The molecule has 0 aliphatic rings. The molecule has 1 N–H and O–H groups in total. The summed E-state index contributed by atoms with van der Waals surface area (Å²) in [7, 11) is 0. The van der Waals surface area contributed by atoms with Crippen molar-refractivity contribution in [1.82, 2.24) is 0 Å². The van der Waals surface area contributed by atoms with E-state index in [1.54, 1.807) is 6.92 Å². The summed E-state index contributed by atoms with van der Waals surface area (Å²) in [6, 6.07) is 18.0. The smallest absolute Gasteiger partial charge is 0.265 e. The fourth-order valence-electron chi connectivity index (χ4n) is 3.14. The molecule has 3 heteroatoms. The number of ether oxygens (including phenoxy) is 1. The van der Waals surface area contributed by atoms with Gasteiger partial charge in [-0.15, -0.1) is 0 Å². The number of hydrogen-bond acceptors (Lipinski definition) is 2. The molecule has 128 valence electrons. The van der Waals surface area contributed by atoms with Crippen molar-refractivity contribution >= 4 is 22.4 Å². The zero-order chi connectivity index (χ0) is 18.0. The first-order valence-electron chi connectivity index (χ1n) is 8.49. The number of carbonyl (C=O) groups is 1. The highest BCUT2D eigenvalue weighted by atomic mass is 16.5. The Bertz CT molecular complexity index is 902. The number of nitrogens with one attached hydrogen (secondary N) is 1. The summed E-state index contributed by atoms with van der Waals surface area (Å²) < 4.78 is 5.95. The van der Waals surface area contributed by atoms with E-state index >= 15 is 0 Å². The van der Waals surface area contributed by atoms with Gasteiger partial charge < -0.3 is 10.1 Å². The Morgan fingerprint density at radius 2 is 1.60 bits per heavy atom. The van der Waals surface area contributed by atoms with Crippen LogP contribution in [0.15, 0.2) is 54.6 Å². The maximum Gasteiger partial charge on any atom is 0.265 e. The average Bonchev–Trinajstić information content (AvgIpc) is 2.58. The standard InChI is InChI=1S/C22H23NO2/c1-14-12-15(2)21(16(3)13-14)23-22(24)17(4)25-20-11-7-9-18-8-5-6-10-19(18)20/h5-13,17H,1-4H3,(H,23,24). The first-order chi connectivity index (χ1) is 12.0. The molecule has 0 spiro atoms. The quantitative estimate of drug-likeness (QED) is 0.715. The van der Waals surface area contributed by atoms with Crippen LogP contribution in [0.1, 0.15) is 23.6 Å². The van der Waals surface area contributed by atoms with E-state index in [1.807, 2.05) is 56.3 Å². The number of fused-ring (bicyclic) bond motifs is 1. The van der Waals surface area contributed by atoms with E-state index in [0.29, 0.717) is 0 Å². The van der Waals surface area contributed by atoms with Gasteiger partial charge in [0, 0.05) is 11.1 Å². The minimum absolute atomic E-state index is 0.150. The molecule has 0 saturated carbocycles. The Labute approximate surface area is 148 Å². The van der Waals surface area contributed by atoms with Gasteiger partial charge in [0.05, 0.1) is 0 Å². The Balaban J connectivity index is 1.79. The predicted molar refractivity (Wildman–Crippen MR) is 103 cm³/mol. The Morgan fingerprint density at radius 3 is 2.32 bits per heavy atom. The lowest BCUT2D eigenvalue weighted by molar-refractivity contribution is -0.122. The van der Waals surface area contributed by atoms with Gasteiger partial charge in [-0.3, -0.25) is 4.79 Å². The van der Waals surface area contributed by atoms with Crippen LogP contribution < -0.4 is 10.1 Å². The van der Waals surface area contributed by atoms with Crippen molar-refractivity contribution in [3.8, 4) is 5.75 Å². The molecule has 0 aliphatic carbocycles. The van der Waals surface area contributed by atoms with Gasteiger partial charge in [-0.2, -0.15) is 0 Å². The summed E-state index contributed by atoms with van der Waals surface area (Å²) in [5.41, 5.74) is 4.17. The highest BCUT2D eigenvalue weighted by Gasteiger charge is 2.17. The lowest BCUT2D eigenvalue weighted by Gasteiger charge is -2.18. The van der Waals surface area contributed by atoms with Crippen LogP contribution in [0, 0.1) is 20.8 Å². The molecule has 3 nitrogen and oxygen atoms in total. The first-order valence-corrected chi connectivity index (χ1v) is 8.49. The molecule has 0 bridgehead atoms. The maximum absolute atomic E-state index is 12.6. The second-order valence-electron chi connectivity index (χ2n) is 6.50. The molecule has 0 heterocycles. The largest absolute Gasteiger partial charge is 0.480 e. The number of rotatable bonds is 4. The van der Waals surface area contributed by atoms with E-state index in [0.717, 1.165) is 33.3 Å². The van der Waals surface area contributed by atoms with Gasteiger partial charge in [0.2, 0.25) is 0 Å². The van der Waals surface area contributed by atoms with Crippen LogP contribution in [0.2, 0.25) is 0 Å². The molecule has 1 amide bonds. The van der Waals surface area contributed by atoms with Crippen LogP contribution >= 0.6 is 0 Å². The topological polar surface area (TPSA) is 38.3 Å². The average molecular weight is 333 g/mol. The van der Waals surface area contributed by atoms with E-state index in [2.05, 4.69) is 24.4 Å². The first kappa shape index (κ1) is 17.0. The number of amides is 1. The molecule has 0 radical (unpaired) electrons. The highest BCUT2D eigenvalue weighted by molar-refractivity contribution is 5.96. The van der Waals surface area contributed by atoms with E-state index in [-0.39, 0.29) is 5.91 Å². The molecule has 3 aromatic rings. The third-order valence-corrected chi connectivity index (χ3v) is 4.35. The second kappa shape index (κ2) is 6.98. The predicted octanol–water partition coefficient (Wildman–Crippen LogP) is 5.17. The molecule has 0 aromatic heterocycles. The lowest BCUT2D eigenvalue weighted by atomic mass is 10.0. The lowest BCUT2D eigenvalue weighted by Crippen LogP contribution is -2.30.